The van der Waals surface area contributed by atoms with Gasteiger partial charge in [0.1, 0.15) is 0 Å². The lowest BCUT2D eigenvalue weighted by Crippen LogP contribution is -1.95. The topological polar surface area (TPSA) is 17.1 Å². The van der Waals surface area contributed by atoms with Crippen molar-refractivity contribution in [2.75, 3.05) is 0 Å². The Morgan fingerprint density at radius 1 is 0.750 bits per heavy atom. The first-order valence-corrected chi connectivity index (χ1v) is 5.58. The van der Waals surface area contributed by atoms with Crippen LogP contribution in [0.3, 0.4) is 0 Å². The minimum absolute atomic E-state index is 0.0434. The van der Waals surface area contributed by atoms with Gasteiger partial charge in [0, 0.05) is 16.1 Å². The van der Waals surface area contributed by atoms with Crippen molar-refractivity contribution < 1.29 is 4.79 Å². The summed E-state index contributed by atoms with van der Waals surface area (Å²) >= 11 is 12.2. The molecule has 1 aliphatic rings. The predicted molar refractivity (Wildman–Crippen MR) is 65.3 cm³/mol. The van der Waals surface area contributed by atoms with Gasteiger partial charge in [0.2, 0.25) is 0 Å². The number of carbonyl (C=O) groups excluding carboxylic acids is 1. The molecular weight excluding hydrogens is 243 g/mol. The molecule has 1 nitrogen and oxygen atoms in total. The first kappa shape index (κ1) is 9.88. The Hall–Kier alpha value is -1.31. The van der Waals surface area contributed by atoms with Crippen LogP contribution in [0, 0.1) is 0 Å². The molecular formula is C13H6Cl2O. The summed E-state index contributed by atoms with van der Waals surface area (Å²) in [6, 6.07) is 10.8. The van der Waals surface area contributed by atoms with Gasteiger partial charge in [-0.15, -0.1) is 0 Å². The van der Waals surface area contributed by atoms with Crippen molar-refractivity contribution in [2.24, 2.45) is 0 Å². The molecule has 3 rings (SSSR count). The number of hydrogen-bond donors (Lipinski definition) is 0. The van der Waals surface area contributed by atoms with Crippen LogP contribution in [0.25, 0.3) is 11.1 Å². The monoisotopic (exact) mass is 248 g/mol. The Labute approximate surface area is 103 Å². The molecule has 0 heterocycles. The van der Waals surface area contributed by atoms with Crippen molar-refractivity contribution in [3.63, 3.8) is 0 Å². The van der Waals surface area contributed by atoms with E-state index in [1.165, 1.54) is 0 Å². The molecule has 0 unspecified atom stereocenters. The number of rotatable bonds is 0. The minimum Gasteiger partial charge on any atom is -0.289 e. The standard InChI is InChI=1S/C13H6Cl2O/c14-9-5-6-10(15)12-11(9)7-3-1-2-4-8(7)13(12)16/h1-6H. The zero-order valence-corrected chi connectivity index (χ0v) is 9.64. The van der Waals surface area contributed by atoms with Crippen LogP contribution in [0.1, 0.15) is 15.9 Å². The van der Waals surface area contributed by atoms with Gasteiger partial charge in [0.25, 0.3) is 0 Å². The number of hydrogen-bond acceptors (Lipinski definition) is 1. The Morgan fingerprint density at radius 3 is 2.00 bits per heavy atom. The Bertz CT molecular complexity index is 617. The van der Waals surface area contributed by atoms with Crippen LogP contribution >= 0.6 is 23.2 Å². The molecule has 1 aliphatic carbocycles. The van der Waals surface area contributed by atoms with Crippen molar-refractivity contribution in [2.45, 2.75) is 0 Å². The van der Waals surface area contributed by atoms with E-state index in [9.17, 15) is 4.79 Å². The van der Waals surface area contributed by atoms with Crippen LogP contribution in [0.5, 0.6) is 0 Å². The highest BCUT2D eigenvalue weighted by molar-refractivity contribution is 6.42. The number of benzene rings is 2. The summed E-state index contributed by atoms with van der Waals surface area (Å²) in [6.45, 7) is 0. The lowest BCUT2D eigenvalue weighted by atomic mass is 10.1. The molecule has 0 aromatic heterocycles. The number of carbonyl (C=O) groups is 1. The quantitative estimate of drug-likeness (QED) is 0.583. The fraction of sp³-hybridized carbons (Fsp3) is 0. The smallest absolute Gasteiger partial charge is 0.195 e. The number of halogens is 2. The lowest BCUT2D eigenvalue weighted by Gasteiger charge is -2.03. The molecule has 3 heteroatoms. The maximum Gasteiger partial charge on any atom is 0.195 e. The molecule has 0 bridgehead atoms. The van der Waals surface area contributed by atoms with Crippen molar-refractivity contribution >= 4 is 29.0 Å². The average Bonchev–Trinajstić information content (AvgIpc) is 2.60. The summed E-state index contributed by atoms with van der Waals surface area (Å²) in [4.78, 5) is 12.1. The van der Waals surface area contributed by atoms with E-state index in [2.05, 4.69) is 0 Å². The molecule has 0 saturated carbocycles. The van der Waals surface area contributed by atoms with Crippen LogP contribution in [0.4, 0.5) is 0 Å². The Morgan fingerprint density at radius 2 is 1.31 bits per heavy atom. The van der Waals surface area contributed by atoms with Crippen LogP contribution in [-0.2, 0) is 0 Å². The molecule has 2 aromatic carbocycles. The zero-order chi connectivity index (χ0) is 11.3. The average molecular weight is 249 g/mol. The zero-order valence-electron chi connectivity index (χ0n) is 8.13. The van der Waals surface area contributed by atoms with E-state index >= 15 is 0 Å². The predicted octanol–water partition coefficient (Wildman–Crippen LogP) is 4.20. The molecule has 0 N–H and O–H groups in total. The summed E-state index contributed by atoms with van der Waals surface area (Å²) in [7, 11) is 0. The van der Waals surface area contributed by atoms with E-state index < -0.39 is 0 Å². The largest absolute Gasteiger partial charge is 0.289 e. The van der Waals surface area contributed by atoms with E-state index in [1.54, 1.807) is 18.2 Å². The molecule has 78 valence electrons. The first-order chi connectivity index (χ1) is 7.70. The molecule has 0 spiro atoms. The van der Waals surface area contributed by atoms with Crippen LogP contribution in [0.2, 0.25) is 10.0 Å². The third-order valence-corrected chi connectivity index (χ3v) is 3.40. The third kappa shape index (κ3) is 1.16. The maximum absolute atomic E-state index is 12.1. The van der Waals surface area contributed by atoms with Crippen molar-refractivity contribution in [3.05, 3.63) is 57.6 Å². The molecule has 0 fully saturated rings. The van der Waals surface area contributed by atoms with Crippen LogP contribution in [-0.4, -0.2) is 5.78 Å². The van der Waals surface area contributed by atoms with Gasteiger partial charge in [-0.3, -0.25) is 4.79 Å². The van der Waals surface area contributed by atoms with Crippen molar-refractivity contribution in [1.29, 1.82) is 0 Å². The molecule has 0 saturated heterocycles. The van der Waals surface area contributed by atoms with Gasteiger partial charge >= 0.3 is 0 Å². The highest BCUT2D eigenvalue weighted by atomic mass is 35.5. The second kappa shape index (κ2) is 3.34. The van der Waals surface area contributed by atoms with Crippen molar-refractivity contribution in [3.8, 4) is 11.1 Å². The van der Waals surface area contributed by atoms with Gasteiger partial charge < -0.3 is 0 Å². The van der Waals surface area contributed by atoms with Gasteiger partial charge in [0.05, 0.1) is 10.6 Å². The van der Waals surface area contributed by atoms with Crippen molar-refractivity contribution in [1.82, 2.24) is 0 Å². The number of ketones is 1. The second-order valence-electron chi connectivity index (χ2n) is 3.65. The van der Waals surface area contributed by atoms with E-state index in [1.807, 2.05) is 18.2 Å². The summed E-state index contributed by atoms with van der Waals surface area (Å²) in [5, 5.41) is 1.03. The minimum atomic E-state index is -0.0434. The normalized spacial score (nSPS) is 12.5. The van der Waals surface area contributed by atoms with Crippen LogP contribution in [0.15, 0.2) is 36.4 Å². The highest BCUT2D eigenvalue weighted by Gasteiger charge is 2.30. The molecule has 2 aromatic rings. The van der Waals surface area contributed by atoms with Gasteiger partial charge in [-0.2, -0.15) is 0 Å². The molecule has 0 amide bonds. The van der Waals surface area contributed by atoms with Gasteiger partial charge in [0.15, 0.2) is 5.78 Å². The Balaban J connectivity index is 2.47. The van der Waals surface area contributed by atoms with E-state index in [0.29, 0.717) is 21.2 Å². The molecule has 0 radical (unpaired) electrons. The van der Waals surface area contributed by atoms with E-state index in [0.717, 1.165) is 11.1 Å². The SMILES string of the molecule is O=C1c2ccccc2-c2c(Cl)ccc(Cl)c21. The fourth-order valence-electron chi connectivity index (χ4n) is 2.07. The molecule has 0 aliphatic heterocycles. The van der Waals surface area contributed by atoms with Gasteiger partial charge in [-0.25, -0.2) is 0 Å². The lowest BCUT2D eigenvalue weighted by molar-refractivity contribution is 0.104. The maximum atomic E-state index is 12.1. The highest BCUT2D eigenvalue weighted by Crippen LogP contribution is 2.43. The van der Waals surface area contributed by atoms with Gasteiger partial charge in [-0.05, 0) is 17.7 Å². The second-order valence-corrected chi connectivity index (χ2v) is 4.47. The fourth-order valence-corrected chi connectivity index (χ4v) is 2.57. The third-order valence-electron chi connectivity index (χ3n) is 2.77. The van der Waals surface area contributed by atoms with Gasteiger partial charge in [-0.1, -0.05) is 47.5 Å². The summed E-state index contributed by atoms with van der Waals surface area (Å²) in [5.41, 5.74) is 2.83. The first-order valence-electron chi connectivity index (χ1n) is 4.82. The Kier molecular flexibility index (Phi) is 2.06. The number of fused-ring (bicyclic) bond motifs is 3. The van der Waals surface area contributed by atoms with E-state index in [4.69, 9.17) is 23.2 Å². The summed E-state index contributed by atoms with van der Waals surface area (Å²) in [5.74, 6) is -0.0434. The van der Waals surface area contributed by atoms with E-state index in [-0.39, 0.29) is 5.78 Å². The molecule has 0 atom stereocenters. The summed E-state index contributed by atoms with van der Waals surface area (Å²) < 4.78 is 0. The molecule has 16 heavy (non-hydrogen) atoms. The van der Waals surface area contributed by atoms with Crippen LogP contribution < -0.4 is 0 Å². The summed E-state index contributed by atoms with van der Waals surface area (Å²) in [6.07, 6.45) is 0.